The lowest BCUT2D eigenvalue weighted by Crippen LogP contribution is -2.68. The van der Waals surface area contributed by atoms with E-state index in [9.17, 15) is 9.59 Å². The molecule has 2 unspecified atom stereocenters. The van der Waals surface area contributed by atoms with Crippen LogP contribution in [0.3, 0.4) is 0 Å². The molecule has 1 heterocycles. The van der Waals surface area contributed by atoms with Gasteiger partial charge < -0.3 is 19.7 Å². The highest BCUT2D eigenvalue weighted by molar-refractivity contribution is 5.99. The van der Waals surface area contributed by atoms with Gasteiger partial charge in [-0.15, -0.1) is 0 Å². The Bertz CT molecular complexity index is 344. The van der Waals surface area contributed by atoms with Gasteiger partial charge in [-0.3, -0.25) is 9.59 Å². The van der Waals surface area contributed by atoms with Gasteiger partial charge in [-0.2, -0.15) is 0 Å². The highest BCUT2D eigenvalue weighted by atomic mass is 16.5. The Labute approximate surface area is 114 Å². The molecule has 1 N–H and O–H groups in total. The summed E-state index contributed by atoms with van der Waals surface area (Å²) < 4.78 is 10.3. The van der Waals surface area contributed by atoms with Crippen molar-refractivity contribution in [1.29, 1.82) is 0 Å². The van der Waals surface area contributed by atoms with Gasteiger partial charge in [0.15, 0.2) is 0 Å². The second-order valence-electron chi connectivity index (χ2n) is 5.31. The van der Waals surface area contributed by atoms with Crippen LogP contribution < -0.4 is 5.32 Å². The second-order valence-corrected chi connectivity index (χ2v) is 5.31. The van der Waals surface area contributed by atoms with Crippen molar-refractivity contribution in [3.05, 3.63) is 0 Å². The van der Waals surface area contributed by atoms with Crippen LogP contribution >= 0.6 is 0 Å². The van der Waals surface area contributed by atoms with Crippen LogP contribution in [0.15, 0.2) is 0 Å². The molecule has 19 heavy (non-hydrogen) atoms. The number of amides is 2. The van der Waals surface area contributed by atoms with Gasteiger partial charge in [0.1, 0.15) is 11.6 Å². The Morgan fingerprint density at radius 3 is 2.47 bits per heavy atom. The van der Waals surface area contributed by atoms with Crippen LogP contribution in [0.4, 0.5) is 0 Å². The van der Waals surface area contributed by atoms with Crippen molar-refractivity contribution in [3.63, 3.8) is 0 Å². The fourth-order valence-corrected chi connectivity index (χ4v) is 2.30. The Balaban J connectivity index is 2.90. The van der Waals surface area contributed by atoms with E-state index in [1.165, 1.54) is 0 Å². The molecule has 0 saturated carbocycles. The number of carbonyl (C=O) groups excluding carboxylic acids is 2. The zero-order valence-electron chi connectivity index (χ0n) is 12.4. The fraction of sp³-hybridized carbons (Fsp3) is 0.846. The number of methoxy groups -OCH3 is 2. The summed E-state index contributed by atoms with van der Waals surface area (Å²) in [6.07, 6.45) is 0.349. The van der Waals surface area contributed by atoms with E-state index in [1.54, 1.807) is 33.0 Å². The van der Waals surface area contributed by atoms with Crippen molar-refractivity contribution in [2.75, 3.05) is 27.4 Å². The zero-order chi connectivity index (χ0) is 14.6. The van der Waals surface area contributed by atoms with Crippen molar-refractivity contribution in [1.82, 2.24) is 10.2 Å². The first-order valence-electron chi connectivity index (χ1n) is 6.52. The molecule has 0 aromatic heterocycles. The number of ether oxygens (including phenoxy) is 2. The molecule has 0 aliphatic carbocycles. The first kappa shape index (κ1) is 15.9. The van der Waals surface area contributed by atoms with E-state index in [-0.39, 0.29) is 17.9 Å². The first-order valence-corrected chi connectivity index (χ1v) is 6.52. The Hall–Kier alpha value is -1.14. The third-order valence-corrected chi connectivity index (χ3v) is 3.38. The van der Waals surface area contributed by atoms with Gasteiger partial charge in [-0.25, -0.2) is 0 Å². The van der Waals surface area contributed by atoms with Crippen LogP contribution in [-0.4, -0.2) is 61.8 Å². The summed E-state index contributed by atoms with van der Waals surface area (Å²) in [6.45, 7) is 6.06. The standard InChI is InChI=1S/C13H24N2O4/c1-6-10-11(16)14-13(2,3)12(17)15(10)7-9(19-5)8-18-4/h9-10H,6-8H2,1-5H3,(H,14,16). The van der Waals surface area contributed by atoms with Gasteiger partial charge in [0.25, 0.3) is 0 Å². The number of carbonyl (C=O) groups is 2. The molecule has 0 aromatic carbocycles. The molecule has 1 rings (SSSR count). The third kappa shape index (κ3) is 3.45. The molecule has 0 radical (unpaired) electrons. The van der Waals surface area contributed by atoms with Crippen LogP contribution in [0.25, 0.3) is 0 Å². The zero-order valence-corrected chi connectivity index (χ0v) is 12.4. The molecule has 2 atom stereocenters. The predicted molar refractivity (Wildman–Crippen MR) is 70.7 cm³/mol. The number of hydrogen-bond donors (Lipinski definition) is 1. The van der Waals surface area contributed by atoms with Gasteiger partial charge in [0, 0.05) is 14.2 Å². The fourth-order valence-electron chi connectivity index (χ4n) is 2.30. The Kier molecular flexibility index (Phi) is 5.31. The van der Waals surface area contributed by atoms with Gasteiger partial charge in [0.2, 0.25) is 11.8 Å². The lowest BCUT2D eigenvalue weighted by Gasteiger charge is -2.43. The van der Waals surface area contributed by atoms with Gasteiger partial charge in [-0.1, -0.05) is 6.92 Å². The number of hydrogen-bond acceptors (Lipinski definition) is 4. The third-order valence-electron chi connectivity index (χ3n) is 3.38. The van der Waals surface area contributed by atoms with Crippen molar-refractivity contribution in [3.8, 4) is 0 Å². The molecular weight excluding hydrogens is 248 g/mol. The van der Waals surface area contributed by atoms with E-state index >= 15 is 0 Å². The highest BCUT2D eigenvalue weighted by Gasteiger charge is 2.44. The Morgan fingerprint density at radius 1 is 1.37 bits per heavy atom. The molecule has 0 bridgehead atoms. The maximum atomic E-state index is 12.4. The molecular formula is C13H24N2O4. The lowest BCUT2D eigenvalue weighted by atomic mass is 9.95. The normalized spacial score (nSPS) is 24.3. The number of nitrogens with zero attached hydrogens (tertiary/aromatic N) is 1. The van der Waals surface area contributed by atoms with Crippen molar-refractivity contribution < 1.29 is 19.1 Å². The molecule has 2 amide bonds. The summed E-state index contributed by atoms with van der Waals surface area (Å²) in [5, 5.41) is 2.76. The second kappa shape index (κ2) is 6.34. The smallest absolute Gasteiger partial charge is 0.248 e. The number of piperazine rings is 1. The van der Waals surface area contributed by atoms with Crippen LogP contribution in [-0.2, 0) is 19.1 Å². The summed E-state index contributed by atoms with van der Waals surface area (Å²) in [6, 6.07) is -0.435. The first-order chi connectivity index (χ1) is 8.87. The minimum atomic E-state index is -0.867. The Morgan fingerprint density at radius 2 is 2.00 bits per heavy atom. The quantitative estimate of drug-likeness (QED) is 0.748. The maximum Gasteiger partial charge on any atom is 0.248 e. The molecule has 1 aliphatic rings. The molecule has 1 aliphatic heterocycles. The number of nitrogens with one attached hydrogen (secondary N) is 1. The largest absolute Gasteiger partial charge is 0.382 e. The van der Waals surface area contributed by atoms with Crippen LogP contribution in [0, 0.1) is 0 Å². The summed E-state index contributed by atoms with van der Waals surface area (Å²) in [7, 11) is 3.16. The monoisotopic (exact) mass is 272 g/mol. The van der Waals surface area contributed by atoms with E-state index in [0.717, 1.165) is 0 Å². The molecule has 6 heteroatoms. The lowest BCUT2D eigenvalue weighted by molar-refractivity contribution is -0.156. The van der Waals surface area contributed by atoms with Gasteiger partial charge >= 0.3 is 0 Å². The average molecular weight is 272 g/mol. The maximum absolute atomic E-state index is 12.4. The summed E-state index contributed by atoms with van der Waals surface area (Å²) in [5.41, 5.74) is -0.867. The molecule has 0 spiro atoms. The summed E-state index contributed by atoms with van der Waals surface area (Å²) in [4.78, 5) is 26.1. The van der Waals surface area contributed by atoms with E-state index < -0.39 is 11.6 Å². The van der Waals surface area contributed by atoms with Gasteiger partial charge in [0.05, 0.1) is 19.3 Å². The van der Waals surface area contributed by atoms with Gasteiger partial charge in [-0.05, 0) is 20.3 Å². The topological polar surface area (TPSA) is 67.9 Å². The average Bonchev–Trinajstić information content (AvgIpc) is 2.34. The van der Waals surface area contributed by atoms with Crippen LogP contribution in [0.1, 0.15) is 27.2 Å². The molecule has 1 fully saturated rings. The summed E-state index contributed by atoms with van der Waals surface area (Å²) >= 11 is 0. The molecule has 110 valence electrons. The van der Waals surface area contributed by atoms with Crippen molar-refractivity contribution in [2.24, 2.45) is 0 Å². The van der Waals surface area contributed by atoms with E-state index in [4.69, 9.17) is 9.47 Å². The van der Waals surface area contributed by atoms with Crippen molar-refractivity contribution in [2.45, 2.75) is 44.9 Å². The molecule has 1 saturated heterocycles. The van der Waals surface area contributed by atoms with E-state index in [0.29, 0.717) is 19.6 Å². The highest BCUT2D eigenvalue weighted by Crippen LogP contribution is 2.20. The van der Waals surface area contributed by atoms with E-state index in [2.05, 4.69) is 5.32 Å². The molecule has 0 aromatic rings. The summed E-state index contributed by atoms with van der Waals surface area (Å²) in [5.74, 6) is -0.198. The minimum absolute atomic E-state index is 0.0860. The minimum Gasteiger partial charge on any atom is -0.382 e. The van der Waals surface area contributed by atoms with Crippen LogP contribution in [0.2, 0.25) is 0 Å². The number of rotatable bonds is 6. The van der Waals surface area contributed by atoms with Crippen molar-refractivity contribution >= 4 is 11.8 Å². The predicted octanol–water partition coefficient (Wildman–Crippen LogP) is 0.163. The van der Waals surface area contributed by atoms with E-state index in [1.807, 2.05) is 6.92 Å². The van der Waals surface area contributed by atoms with Crippen LogP contribution in [0.5, 0.6) is 0 Å². The molecule has 6 nitrogen and oxygen atoms in total. The SMILES string of the molecule is CCC1C(=O)NC(C)(C)C(=O)N1CC(COC)OC.